The van der Waals surface area contributed by atoms with E-state index in [9.17, 15) is 37.9 Å². The first kappa shape index (κ1) is 30.1. The minimum atomic E-state index is -5.77. The van der Waals surface area contributed by atoms with E-state index in [-0.39, 0.29) is 24.9 Å². The number of nitrogens with zero attached hydrogens (tertiary/aromatic N) is 4. The van der Waals surface area contributed by atoms with Crippen LogP contribution < -0.4 is 11.2 Å². The molecule has 1 saturated heterocycles. The van der Waals surface area contributed by atoms with Crippen LogP contribution in [0.1, 0.15) is 24.6 Å². The monoisotopic (exact) mass is 579 g/mol. The molecular weight excluding hydrogens is 559 g/mol. The average molecular weight is 579 g/mol. The molecule has 1 fully saturated rings. The van der Waals surface area contributed by atoms with Gasteiger partial charge in [0.2, 0.25) is 0 Å². The number of phosphoric acid groups is 3. The van der Waals surface area contributed by atoms with Crippen molar-refractivity contribution in [3.05, 3.63) is 43.0 Å². The van der Waals surface area contributed by atoms with Crippen LogP contribution in [0, 0.1) is 6.92 Å². The maximum Gasteiger partial charge on any atom is 0.490 e. The lowest BCUT2D eigenvalue weighted by atomic mass is 10.2. The van der Waals surface area contributed by atoms with Crippen molar-refractivity contribution in [1.29, 1.82) is 0 Å². The second kappa shape index (κ2) is 11.9. The molecule has 0 aliphatic carbocycles. The number of aryl methyl sites for hydroxylation is 1. The predicted octanol–water partition coefficient (Wildman–Crippen LogP) is 0.0880. The number of nitrogens with one attached hydrogen (secondary N) is 1. The number of hydrogen-bond acceptors (Lipinski definition) is 12. The van der Waals surface area contributed by atoms with Crippen LogP contribution in [0.25, 0.3) is 10.4 Å². The number of azide groups is 1. The summed E-state index contributed by atoms with van der Waals surface area (Å²) in [6, 6.07) is 0. The number of phosphoric ester groups is 1. The Balaban J connectivity index is 2.19. The Kier molecular flexibility index (Phi) is 9.95. The van der Waals surface area contributed by atoms with Gasteiger partial charge in [-0.2, -0.15) is 8.62 Å². The normalized spacial score (nSPS) is 23.3. The van der Waals surface area contributed by atoms with Gasteiger partial charge in [-0.15, -0.1) is 0 Å². The van der Waals surface area contributed by atoms with Crippen LogP contribution in [0.15, 0.2) is 20.9 Å². The van der Waals surface area contributed by atoms with Crippen LogP contribution in [0.5, 0.6) is 0 Å². The van der Waals surface area contributed by atoms with Gasteiger partial charge in [0.05, 0.1) is 13.0 Å². The van der Waals surface area contributed by atoms with E-state index in [2.05, 4.69) is 23.2 Å². The highest BCUT2D eigenvalue weighted by Crippen LogP contribution is 2.66. The fourth-order valence-corrected chi connectivity index (χ4v) is 5.86. The lowest BCUT2D eigenvalue weighted by molar-refractivity contribution is -0.152. The quantitative estimate of drug-likeness (QED) is 0.0720. The standard InChI is InChI=1S/C13H20N5O15P3/c1-7-5-18(13(21)16-12(7)20)10-4-8(31-11(19)2-3-15-17-14)9(30-10)6-29-35(25,26)33-36(27,28)32-34(22,23)24/h5,8-10H,2-4,6H2,1H3,(H,25,26)(H,27,28)(H,16,20,21)(H2,22,23,24)/t8?,9-,10-/m1/s1. The number of aromatic nitrogens is 2. The van der Waals surface area contributed by atoms with Crippen LogP contribution in [0.3, 0.4) is 0 Å². The molecule has 0 radical (unpaired) electrons. The second-order valence-corrected chi connectivity index (χ2v) is 11.4. The summed E-state index contributed by atoms with van der Waals surface area (Å²) in [5, 5.41) is 3.17. The number of esters is 1. The van der Waals surface area contributed by atoms with Gasteiger partial charge in [-0.1, -0.05) is 5.11 Å². The summed E-state index contributed by atoms with van der Waals surface area (Å²) >= 11 is 0. The van der Waals surface area contributed by atoms with E-state index in [0.717, 1.165) is 10.8 Å². The second-order valence-electron chi connectivity index (χ2n) is 6.96. The summed E-state index contributed by atoms with van der Waals surface area (Å²) in [6.07, 6.45) is -3.27. The van der Waals surface area contributed by atoms with E-state index in [4.69, 9.17) is 24.8 Å². The minimum absolute atomic E-state index is 0.123. The summed E-state index contributed by atoms with van der Waals surface area (Å²) < 4.78 is 57.6. The number of rotatable bonds is 12. The van der Waals surface area contributed by atoms with Crippen molar-refractivity contribution >= 4 is 29.4 Å². The minimum Gasteiger partial charge on any atom is -0.459 e. The molecular formula is C13H20N5O15P3. The molecule has 23 heteroatoms. The topological polar surface area (TPSA) is 299 Å². The molecule has 2 rings (SSSR count). The zero-order chi connectivity index (χ0) is 27.3. The lowest BCUT2D eigenvalue weighted by Gasteiger charge is -2.21. The molecule has 0 saturated carbocycles. The first-order chi connectivity index (χ1) is 16.5. The molecule has 1 aliphatic rings. The Hall–Kier alpha value is -2.17. The lowest BCUT2D eigenvalue weighted by Crippen LogP contribution is -2.33. The van der Waals surface area contributed by atoms with Gasteiger partial charge in [0.1, 0.15) is 18.4 Å². The third-order valence-electron chi connectivity index (χ3n) is 4.22. The number of aromatic amines is 1. The molecule has 0 amide bonds. The van der Waals surface area contributed by atoms with Gasteiger partial charge in [0.15, 0.2) is 0 Å². The SMILES string of the molecule is Cc1cn([C@H]2CC(OC(=O)CCN=[N+]=[N-])[C@@H](COP(=O)(O)OP(=O)(O)OP(=O)(O)O)O2)c(=O)[nH]c1=O. The van der Waals surface area contributed by atoms with Crippen LogP contribution in [0.2, 0.25) is 0 Å². The smallest absolute Gasteiger partial charge is 0.459 e. The third-order valence-corrected chi connectivity index (χ3v) is 8.02. The third kappa shape index (κ3) is 9.37. The van der Waals surface area contributed by atoms with Gasteiger partial charge in [-0.25, -0.2) is 18.5 Å². The largest absolute Gasteiger partial charge is 0.490 e. The molecule has 5 N–H and O–H groups in total. The molecule has 1 aromatic rings. The van der Waals surface area contributed by atoms with Crippen molar-refractivity contribution in [2.45, 2.75) is 38.2 Å². The summed E-state index contributed by atoms with van der Waals surface area (Å²) in [6.45, 7) is 0.173. The van der Waals surface area contributed by atoms with Gasteiger partial charge in [0.25, 0.3) is 5.56 Å². The predicted molar refractivity (Wildman–Crippen MR) is 113 cm³/mol. The molecule has 0 spiro atoms. The Morgan fingerprint density at radius 2 is 1.92 bits per heavy atom. The molecule has 20 nitrogen and oxygen atoms in total. The molecule has 3 unspecified atom stereocenters. The van der Waals surface area contributed by atoms with Gasteiger partial charge >= 0.3 is 35.1 Å². The van der Waals surface area contributed by atoms with Crippen molar-refractivity contribution in [2.75, 3.05) is 13.2 Å². The van der Waals surface area contributed by atoms with E-state index in [1.54, 1.807) is 0 Å². The Morgan fingerprint density at radius 3 is 2.53 bits per heavy atom. The van der Waals surface area contributed by atoms with Crippen molar-refractivity contribution in [3.8, 4) is 0 Å². The highest BCUT2D eigenvalue weighted by atomic mass is 31.3. The van der Waals surface area contributed by atoms with Crippen LogP contribution >= 0.6 is 23.5 Å². The summed E-state index contributed by atoms with van der Waals surface area (Å²) in [4.78, 5) is 76.3. The number of H-pyrrole nitrogens is 1. The molecule has 1 aliphatic heterocycles. The fourth-order valence-electron chi connectivity index (χ4n) is 2.83. The summed E-state index contributed by atoms with van der Waals surface area (Å²) in [7, 11) is -16.9. The van der Waals surface area contributed by atoms with Gasteiger partial charge in [0, 0.05) is 29.6 Å². The van der Waals surface area contributed by atoms with Crippen LogP contribution in [0.4, 0.5) is 0 Å². The number of hydrogen-bond donors (Lipinski definition) is 5. The summed E-state index contributed by atoms with van der Waals surface area (Å²) in [5.74, 6) is -0.884. The number of carbonyl (C=O) groups excluding carboxylic acids is 1. The molecule has 0 bridgehead atoms. The fraction of sp³-hybridized carbons (Fsp3) is 0.615. The zero-order valence-electron chi connectivity index (χ0n) is 18.0. The maximum absolute atomic E-state index is 12.2. The number of carbonyl (C=O) groups is 1. The molecule has 2 heterocycles. The van der Waals surface area contributed by atoms with Gasteiger partial charge in [-0.3, -0.25) is 23.7 Å². The Morgan fingerprint density at radius 1 is 1.25 bits per heavy atom. The molecule has 0 aromatic carbocycles. The van der Waals surface area contributed by atoms with Crippen molar-refractivity contribution in [1.82, 2.24) is 9.55 Å². The molecule has 36 heavy (non-hydrogen) atoms. The van der Waals surface area contributed by atoms with Gasteiger partial charge < -0.3 is 29.0 Å². The number of ether oxygens (including phenoxy) is 2. The van der Waals surface area contributed by atoms with Crippen molar-refractivity contribution in [3.63, 3.8) is 0 Å². The van der Waals surface area contributed by atoms with Crippen molar-refractivity contribution in [2.24, 2.45) is 5.11 Å². The maximum atomic E-state index is 12.2. The van der Waals surface area contributed by atoms with Gasteiger partial charge in [-0.05, 0) is 12.5 Å². The van der Waals surface area contributed by atoms with E-state index >= 15 is 0 Å². The van der Waals surface area contributed by atoms with E-state index in [0.29, 0.717) is 0 Å². The summed E-state index contributed by atoms with van der Waals surface area (Å²) in [5.41, 5.74) is 6.85. The highest BCUT2D eigenvalue weighted by molar-refractivity contribution is 7.66. The molecule has 1 aromatic heterocycles. The Labute approximate surface area is 199 Å². The van der Waals surface area contributed by atoms with E-state index in [1.807, 2.05) is 4.98 Å². The average Bonchev–Trinajstić information content (AvgIpc) is 3.09. The zero-order valence-corrected chi connectivity index (χ0v) is 20.7. The Bertz CT molecular complexity index is 1280. The van der Waals surface area contributed by atoms with Crippen LogP contribution in [-0.2, 0) is 41.1 Å². The molecule has 202 valence electrons. The van der Waals surface area contributed by atoms with E-state index in [1.165, 1.54) is 6.92 Å². The van der Waals surface area contributed by atoms with Crippen molar-refractivity contribution < 1.29 is 60.7 Å². The first-order valence-corrected chi connectivity index (χ1v) is 14.0. The van der Waals surface area contributed by atoms with Crippen LogP contribution in [-0.4, -0.2) is 60.5 Å². The van der Waals surface area contributed by atoms with E-state index < -0.39 is 65.7 Å². The first-order valence-electron chi connectivity index (χ1n) is 9.48. The molecule has 5 atom stereocenters. The highest BCUT2D eigenvalue weighted by Gasteiger charge is 2.44.